The standard InChI is InChI=1S/C33H31BrF3N5O2/c1-19-4-6-22(7-5-19)14-15-38-31(43)24-10-8-23(9-11-24)18-42-21(3)30(20(2)41-42)40-32(44)27-17-29(33(35,36)37)39-28-13-12-25(34)16-26(27)28/h4-10,12-13,16-17,24H,11,14-15,18H2,1-3H3,(H,38,43)(H,40,44). The first kappa shape index (κ1) is 31.2. The van der Waals surface area contributed by atoms with Gasteiger partial charge in [-0.3, -0.25) is 14.3 Å². The van der Waals surface area contributed by atoms with E-state index in [2.05, 4.69) is 60.9 Å². The number of carbonyl (C=O) groups is 2. The highest BCUT2D eigenvalue weighted by molar-refractivity contribution is 9.10. The lowest BCUT2D eigenvalue weighted by atomic mass is 9.95. The molecular weight excluding hydrogens is 635 g/mol. The van der Waals surface area contributed by atoms with E-state index < -0.39 is 17.8 Å². The molecule has 0 fully saturated rings. The summed E-state index contributed by atoms with van der Waals surface area (Å²) in [6.07, 6.45) is 2.39. The molecule has 1 aliphatic rings. The van der Waals surface area contributed by atoms with Crippen LogP contribution < -0.4 is 10.6 Å². The third kappa shape index (κ3) is 7.10. The average Bonchev–Trinajstić information content (AvgIpc) is 3.24. The van der Waals surface area contributed by atoms with Crippen molar-refractivity contribution in [1.82, 2.24) is 20.1 Å². The molecule has 1 atom stereocenters. The minimum atomic E-state index is -4.71. The second-order valence-electron chi connectivity index (χ2n) is 10.9. The number of allylic oxidation sites excluding steroid dienone is 3. The molecule has 5 rings (SSSR count). The van der Waals surface area contributed by atoms with Crippen LogP contribution in [0.4, 0.5) is 18.9 Å². The summed E-state index contributed by atoms with van der Waals surface area (Å²) in [6.45, 7) is 6.52. The quantitative estimate of drug-likeness (QED) is 0.208. The molecule has 0 radical (unpaired) electrons. The van der Waals surface area contributed by atoms with E-state index in [1.54, 1.807) is 30.7 Å². The number of alkyl halides is 3. The number of aryl methyl sites for hydroxylation is 2. The number of pyridine rings is 1. The maximum absolute atomic E-state index is 13.6. The number of hydrogen-bond acceptors (Lipinski definition) is 4. The van der Waals surface area contributed by atoms with Crippen LogP contribution in [0.3, 0.4) is 0 Å². The monoisotopic (exact) mass is 665 g/mol. The summed E-state index contributed by atoms with van der Waals surface area (Å²) in [7, 11) is 0. The van der Waals surface area contributed by atoms with Crippen molar-refractivity contribution in [3.8, 4) is 0 Å². The molecule has 0 saturated heterocycles. The summed E-state index contributed by atoms with van der Waals surface area (Å²) < 4.78 is 43.0. The summed E-state index contributed by atoms with van der Waals surface area (Å²) >= 11 is 3.32. The molecule has 228 valence electrons. The third-order valence-electron chi connectivity index (χ3n) is 7.61. The first-order valence-electron chi connectivity index (χ1n) is 14.1. The van der Waals surface area contributed by atoms with E-state index in [0.717, 1.165) is 18.1 Å². The fraction of sp³-hybridized carbons (Fsp3) is 0.273. The van der Waals surface area contributed by atoms with Crippen LogP contribution in [-0.2, 0) is 23.9 Å². The van der Waals surface area contributed by atoms with Gasteiger partial charge in [0, 0.05) is 16.4 Å². The number of rotatable bonds is 8. The molecule has 1 unspecified atom stereocenters. The SMILES string of the molecule is Cc1ccc(CCNC(=O)C2C=CC(Cn3nc(C)c(NC(=O)c4cc(C(F)(F)F)nc5ccc(Br)cc45)c3C)=CC2)cc1. The van der Waals surface area contributed by atoms with Gasteiger partial charge < -0.3 is 10.6 Å². The van der Waals surface area contributed by atoms with E-state index in [4.69, 9.17) is 0 Å². The number of benzene rings is 2. The highest BCUT2D eigenvalue weighted by Gasteiger charge is 2.34. The molecule has 1 aliphatic carbocycles. The molecular formula is C33H31BrF3N5O2. The predicted molar refractivity (Wildman–Crippen MR) is 167 cm³/mol. The minimum Gasteiger partial charge on any atom is -0.355 e. The Bertz CT molecular complexity index is 1790. The zero-order chi connectivity index (χ0) is 31.6. The molecule has 2 aromatic carbocycles. The van der Waals surface area contributed by atoms with Crippen LogP contribution in [0.1, 0.15) is 45.0 Å². The number of fused-ring (bicyclic) bond motifs is 1. The number of nitrogens with one attached hydrogen (secondary N) is 2. The van der Waals surface area contributed by atoms with Gasteiger partial charge in [-0.15, -0.1) is 0 Å². The Morgan fingerprint density at radius 1 is 1.07 bits per heavy atom. The lowest BCUT2D eigenvalue weighted by Gasteiger charge is -2.17. The maximum atomic E-state index is 13.6. The fourth-order valence-electron chi connectivity index (χ4n) is 5.11. The number of amides is 2. The Hall–Kier alpha value is -4.25. The van der Waals surface area contributed by atoms with E-state index in [1.165, 1.54) is 17.2 Å². The molecule has 2 amide bonds. The molecule has 11 heteroatoms. The Labute approximate surface area is 261 Å². The minimum absolute atomic E-state index is 0.0240. The van der Waals surface area contributed by atoms with Crippen molar-refractivity contribution in [3.63, 3.8) is 0 Å². The van der Waals surface area contributed by atoms with Crippen LogP contribution >= 0.6 is 15.9 Å². The fourth-order valence-corrected chi connectivity index (χ4v) is 5.47. The summed E-state index contributed by atoms with van der Waals surface area (Å²) in [6, 6.07) is 13.6. The molecule has 0 saturated carbocycles. The van der Waals surface area contributed by atoms with E-state index in [-0.39, 0.29) is 22.9 Å². The van der Waals surface area contributed by atoms with Crippen LogP contribution in [0.5, 0.6) is 0 Å². The Balaban J connectivity index is 1.24. The van der Waals surface area contributed by atoms with Gasteiger partial charge in [0.05, 0.1) is 40.6 Å². The summed E-state index contributed by atoms with van der Waals surface area (Å²) in [5, 5.41) is 10.6. The van der Waals surface area contributed by atoms with Gasteiger partial charge in [-0.2, -0.15) is 18.3 Å². The van der Waals surface area contributed by atoms with Crippen molar-refractivity contribution < 1.29 is 22.8 Å². The third-order valence-corrected chi connectivity index (χ3v) is 8.10. The Kier molecular flexibility index (Phi) is 9.05. The number of halogens is 4. The van der Waals surface area contributed by atoms with Crippen molar-refractivity contribution in [2.75, 3.05) is 11.9 Å². The summed E-state index contributed by atoms with van der Waals surface area (Å²) in [5.74, 6) is -0.979. The largest absolute Gasteiger partial charge is 0.433 e. The smallest absolute Gasteiger partial charge is 0.355 e. The van der Waals surface area contributed by atoms with Gasteiger partial charge in [0.15, 0.2) is 0 Å². The molecule has 44 heavy (non-hydrogen) atoms. The first-order chi connectivity index (χ1) is 20.9. The van der Waals surface area contributed by atoms with E-state index in [0.29, 0.717) is 46.4 Å². The molecule has 0 aliphatic heterocycles. The molecule has 2 heterocycles. The van der Waals surface area contributed by atoms with Crippen LogP contribution in [0.2, 0.25) is 0 Å². The first-order valence-corrected chi connectivity index (χ1v) is 14.9. The number of nitrogens with zero attached hydrogens (tertiary/aromatic N) is 3. The van der Waals surface area contributed by atoms with Gasteiger partial charge in [-0.1, -0.05) is 64.0 Å². The molecule has 0 spiro atoms. The Morgan fingerprint density at radius 2 is 1.82 bits per heavy atom. The highest BCUT2D eigenvalue weighted by atomic mass is 79.9. The predicted octanol–water partition coefficient (Wildman–Crippen LogP) is 7.25. The number of hydrogen-bond donors (Lipinski definition) is 2. The normalized spacial score (nSPS) is 14.9. The van der Waals surface area contributed by atoms with Crippen LogP contribution in [-0.4, -0.2) is 33.1 Å². The Morgan fingerprint density at radius 3 is 2.50 bits per heavy atom. The lowest BCUT2D eigenvalue weighted by Crippen LogP contribution is -2.31. The molecule has 2 N–H and O–H groups in total. The van der Waals surface area contributed by atoms with Crippen molar-refractivity contribution in [3.05, 3.63) is 111 Å². The van der Waals surface area contributed by atoms with Gasteiger partial charge in [0.2, 0.25) is 5.91 Å². The maximum Gasteiger partial charge on any atom is 0.433 e. The summed E-state index contributed by atoms with van der Waals surface area (Å²) in [4.78, 5) is 29.8. The number of aromatic nitrogens is 3. The molecule has 4 aromatic rings. The van der Waals surface area contributed by atoms with Gasteiger partial charge in [-0.05, 0) is 69.0 Å². The van der Waals surface area contributed by atoms with E-state index in [9.17, 15) is 22.8 Å². The second-order valence-corrected chi connectivity index (χ2v) is 11.8. The van der Waals surface area contributed by atoms with Crippen molar-refractivity contribution >= 4 is 44.3 Å². The number of anilines is 1. The molecule has 7 nitrogen and oxygen atoms in total. The van der Waals surface area contributed by atoms with E-state index >= 15 is 0 Å². The van der Waals surface area contributed by atoms with E-state index in [1.807, 2.05) is 25.2 Å². The van der Waals surface area contributed by atoms with Gasteiger partial charge in [0.25, 0.3) is 5.91 Å². The number of carbonyl (C=O) groups excluding carboxylic acids is 2. The van der Waals surface area contributed by atoms with Gasteiger partial charge >= 0.3 is 6.18 Å². The van der Waals surface area contributed by atoms with Crippen molar-refractivity contribution in [2.45, 2.75) is 46.3 Å². The zero-order valence-electron chi connectivity index (χ0n) is 24.4. The average molecular weight is 667 g/mol. The van der Waals surface area contributed by atoms with Gasteiger partial charge in [0.1, 0.15) is 5.69 Å². The molecule has 2 aromatic heterocycles. The van der Waals surface area contributed by atoms with Crippen molar-refractivity contribution in [1.29, 1.82) is 0 Å². The van der Waals surface area contributed by atoms with Crippen molar-refractivity contribution in [2.24, 2.45) is 5.92 Å². The van der Waals surface area contributed by atoms with Crippen LogP contribution in [0.25, 0.3) is 10.9 Å². The van der Waals surface area contributed by atoms with Crippen LogP contribution in [0.15, 0.2) is 76.8 Å². The second kappa shape index (κ2) is 12.8. The molecule has 0 bridgehead atoms. The lowest BCUT2D eigenvalue weighted by molar-refractivity contribution is -0.141. The van der Waals surface area contributed by atoms with Gasteiger partial charge in [-0.25, -0.2) is 4.98 Å². The van der Waals surface area contributed by atoms with Crippen LogP contribution in [0, 0.1) is 26.7 Å². The summed E-state index contributed by atoms with van der Waals surface area (Å²) in [5.41, 5.74) is 3.70. The topological polar surface area (TPSA) is 88.9 Å². The highest BCUT2D eigenvalue weighted by Crippen LogP contribution is 2.33. The zero-order valence-corrected chi connectivity index (χ0v) is 26.0.